The molecule has 0 unspecified atom stereocenters. The van der Waals surface area contributed by atoms with Crippen LogP contribution in [0.4, 0.5) is 11.6 Å². The fraction of sp³-hybridized carbons (Fsp3) is 0.125. The van der Waals surface area contributed by atoms with Gasteiger partial charge in [-0.2, -0.15) is 0 Å². The van der Waals surface area contributed by atoms with Crippen LogP contribution in [-0.4, -0.2) is 20.0 Å². The number of rotatable bonds is 2. The molecule has 2 heterocycles. The highest BCUT2D eigenvalue weighted by Gasteiger charge is 1.99. The van der Waals surface area contributed by atoms with E-state index in [2.05, 4.69) is 36.5 Å². The molecule has 0 bridgehead atoms. The summed E-state index contributed by atoms with van der Waals surface area (Å²) in [5.74, 6) is 1.41. The van der Waals surface area contributed by atoms with E-state index < -0.39 is 0 Å². The minimum absolute atomic E-state index is 0.679. The minimum atomic E-state index is 0.679. The van der Waals surface area contributed by atoms with Crippen molar-refractivity contribution >= 4 is 27.6 Å². The first kappa shape index (κ1) is 9.14. The van der Waals surface area contributed by atoms with Gasteiger partial charge in [-0.1, -0.05) is 21.1 Å². The maximum absolute atomic E-state index is 4.13. The fourth-order valence-electron chi connectivity index (χ4n) is 1.01. The van der Waals surface area contributed by atoms with Gasteiger partial charge in [0, 0.05) is 17.7 Å². The largest absolute Gasteiger partial charge is 0.322 e. The minimum Gasteiger partial charge on any atom is -0.322 e. The Hall–Kier alpha value is -1.43. The molecule has 0 saturated carbocycles. The molecule has 2 rings (SSSR count). The molecule has 0 aliphatic carbocycles. The van der Waals surface area contributed by atoms with Crippen LogP contribution in [0.25, 0.3) is 0 Å². The highest BCUT2D eigenvalue weighted by molar-refractivity contribution is 9.10. The molecule has 0 spiro atoms. The molecular weight excluding hydrogens is 246 g/mol. The van der Waals surface area contributed by atoms with E-state index in [1.54, 1.807) is 17.1 Å². The second-order valence-electron chi connectivity index (χ2n) is 2.76. The van der Waals surface area contributed by atoms with E-state index in [4.69, 9.17) is 0 Å². The van der Waals surface area contributed by atoms with Gasteiger partial charge >= 0.3 is 0 Å². The maximum atomic E-state index is 4.13. The van der Waals surface area contributed by atoms with Gasteiger partial charge in [-0.25, -0.2) is 4.98 Å². The lowest BCUT2D eigenvalue weighted by molar-refractivity contribution is 0.715. The van der Waals surface area contributed by atoms with Crippen LogP contribution in [0.5, 0.6) is 0 Å². The van der Waals surface area contributed by atoms with Gasteiger partial charge in [0.2, 0.25) is 0 Å². The van der Waals surface area contributed by atoms with Crippen molar-refractivity contribution in [2.45, 2.75) is 0 Å². The van der Waals surface area contributed by atoms with Crippen molar-refractivity contribution in [1.29, 1.82) is 0 Å². The molecule has 1 N–H and O–H groups in total. The number of hydrogen-bond donors (Lipinski definition) is 1. The summed E-state index contributed by atoms with van der Waals surface area (Å²) in [5, 5.41) is 10.7. The topological polar surface area (TPSA) is 55.6 Å². The standard InChI is InChI=1S/C8H8BrN5/c1-14-5-8(12-13-14)11-7-4-6(9)2-3-10-7/h2-5H,1H3,(H,10,11). The molecule has 0 radical (unpaired) electrons. The molecule has 14 heavy (non-hydrogen) atoms. The van der Waals surface area contributed by atoms with Gasteiger partial charge in [-0.05, 0) is 12.1 Å². The molecule has 0 amide bonds. The van der Waals surface area contributed by atoms with Crippen LogP contribution in [0.2, 0.25) is 0 Å². The average molecular weight is 254 g/mol. The predicted molar refractivity (Wildman–Crippen MR) is 56.2 cm³/mol. The zero-order valence-corrected chi connectivity index (χ0v) is 9.06. The quantitative estimate of drug-likeness (QED) is 0.886. The lowest BCUT2D eigenvalue weighted by Crippen LogP contribution is -1.92. The molecule has 0 fully saturated rings. The number of anilines is 2. The third kappa shape index (κ3) is 2.08. The van der Waals surface area contributed by atoms with Crippen LogP contribution < -0.4 is 5.32 Å². The van der Waals surface area contributed by atoms with Crippen LogP contribution in [0.15, 0.2) is 29.0 Å². The molecule has 72 valence electrons. The molecule has 0 aromatic carbocycles. The highest BCUT2D eigenvalue weighted by Crippen LogP contribution is 2.15. The van der Waals surface area contributed by atoms with E-state index in [1.165, 1.54) is 0 Å². The van der Waals surface area contributed by atoms with E-state index in [0.29, 0.717) is 5.82 Å². The summed E-state index contributed by atoms with van der Waals surface area (Å²) in [6.45, 7) is 0. The number of nitrogens with one attached hydrogen (secondary N) is 1. The number of aromatic nitrogens is 4. The van der Waals surface area contributed by atoms with Crippen molar-refractivity contribution in [2.75, 3.05) is 5.32 Å². The molecule has 0 atom stereocenters. The van der Waals surface area contributed by atoms with Crippen LogP contribution in [0.1, 0.15) is 0 Å². The van der Waals surface area contributed by atoms with Gasteiger partial charge in [-0.3, -0.25) is 4.68 Å². The van der Waals surface area contributed by atoms with E-state index in [0.717, 1.165) is 10.3 Å². The molecule has 0 aliphatic rings. The summed E-state index contributed by atoms with van der Waals surface area (Å²) < 4.78 is 2.60. The maximum Gasteiger partial charge on any atom is 0.174 e. The molecule has 0 aliphatic heterocycles. The first-order valence-corrected chi connectivity index (χ1v) is 4.78. The Kier molecular flexibility index (Phi) is 2.45. The highest BCUT2D eigenvalue weighted by atomic mass is 79.9. The number of hydrogen-bond acceptors (Lipinski definition) is 4. The number of nitrogens with zero attached hydrogens (tertiary/aromatic N) is 4. The second kappa shape index (κ2) is 3.75. The lowest BCUT2D eigenvalue weighted by atomic mass is 10.4. The average Bonchev–Trinajstić information content (AvgIpc) is 2.51. The second-order valence-corrected chi connectivity index (χ2v) is 3.68. The van der Waals surface area contributed by atoms with Crippen LogP contribution in [0, 0.1) is 0 Å². The summed E-state index contributed by atoms with van der Waals surface area (Å²) in [6, 6.07) is 3.73. The fourth-order valence-corrected chi connectivity index (χ4v) is 1.34. The molecular formula is C8H8BrN5. The third-order valence-corrected chi connectivity index (χ3v) is 2.07. The molecule has 2 aromatic heterocycles. The van der Waals surface area contributed by atoms with E-state index in [9.17, 15) is 0 Å². The predicted octanol–water partition coefficient (Wildman–Crippen LogP) is 1.72. The van der Waals surface area contributed by atoms with Gasteiger partial charge in [0.05, 0.1) is 6.20 Å². The van der Waals surface area contributed by atoms with Crippen molar-refractivity contribution in [3.05, 3.63) is 29.0 Å². The van der Waals surface area contributed by atoms with Crippen molar-refractivity contribution in [3.8, 4) is 0 Å². The zero-order valence-electron chi connectivity index (χ0n) is 7.48. The van der Waals surface area contributed by atoms with Gasteiger partial charge in [0.15, 0.2) is 5.82 Å². The van der Waals surface area contributed by atoms with Crippen LogP contribution in [-0.2, 0) is 7.05 Å². The van der Waals surface area contributed by atoms with Gasteiger partial charge in [-0.15, -0.1) is 5.10 Å². The number of halogens is 1. The van der Waals surface area contributed by atoms with Gasteiger partial charge in [0.25, 0.3) is 0 Å². The smallest absolute Gasteiger partial charge is 0.174 e. The Morgan fingerprint density at radius 3 is 2.93 bits per heavy atom. The summed E-state index contributed by atoms with van der Waals surface area (Å²) in [5.41, 5.74) is 0. The molecule has 5 nitrogen and oxygen atoms in total. The first-order chi connectivity index (χ1) is 6.74. The zero-order chi connectivity index (χ0) is 9.97. The number of aryl methyl sites for hydroxylation is 1. The lowest BCUT2D eigenvalue weighted by Gasteiger charge is -2.00. The van der Waals surface area contributed by atoms with Crippen molar-refractivity contribution in [3.63, 3.8) is 0 Å². The third-order valence-electron chi connectivity index (χ3n) is 1.58. The van der Waals surface area contributed by atoms with Gasteiger partial charge < -0.3 is 5.32 Å². The summed E-state index contributed by atoms with van der Waals surface area (Å²) >= 11 is 3.36. The summed E-state index contributed by atoms with van der Waals surface area (Å²) in [6.07, 6.45) is 3.49. The van der Waals surface area contributed by atoms with Gasteiger partial charge in [0.1, 0.15) is 5.82 Å². The van der Waals surface area contributed by atoms with E-state index >= 15 is 0 Å². The Labute approximate surface area is 89.3 Å². The Morgan fingerprint density at radius 2 is 2.29 bits per heavy atom. The molecule has 6 heteroatoms. The molecule has 2 aromatic rings. The van der Waals surface area contributed by atoms with E-state index in [-0.39, 0.29) is 0 Å². The van der Waals surface area contributed by atoms with Crippen LogP contribution >= 0.6 is 15.9 Å². The van der Waals surface area contributed by atoms with E-state index in [1.807, 2.05) is 19.2 Å². The summed E-state index contributed by atoms with van der Waals surface area (Å²) in [7, 11) is 1.81. The molecule has 0 saturated heterocycles. The van der Waals surface area contributed by atoms with Crippen molar-refractivity contribution < 1.29 is 0 Å². The monoisotopic (exact) mass is 253 g/mol. The summed E-state index contributed by atoms with van der Waals surface area (Å²) in [4.78, 5) is 4.13. The Balaban J connectivity index is 2.18. The Morgan fingerprint density at radius 1 is 1.43 bits per heavy atom. The SMILES string of the molecule is Cn1cc(Nc2cc(Br)ccn2)nn1. The van der Waals surface area contributed by atoms with Crippen LogP contribution in [0.3, 0.4) is 0 Å². The Bertz CT molecular complexity index is 439. The normalized spacial score (nSPS) is 10.1. The van der Waals surface area contributed by atoms with Crippen molar-refractivity contribution in [1.82, 2.24) is 20.0 Å². The first-order valence-electron chi connectivity index (χ1n) is 3.99. The van der Waals surface area contributed by atoms with Crippen molar-refractivity contribution in [2.24, 2.45) is 7.05 Å². The number of pyridine rings is 1.